The van der Waals surface area contributed by atoms with Crippen molar-refractivity contribution in [1.29, 1.82) is 0 Å². The summed E-state index contributed by atoms with van der Waals surface area (Å²) >= 11 is 0. The van der Waals surface area contributed by atoms with Gasteiger partial charge in [-0.3, -0.25) is 9.59 Å². The molecule has 2 unspecified atom stereocenters. The molecule has 0 amide bonds. The SMILES string of the molecule is C=CC(CCC)(OC(C=C)(CCC)C(=O)C(F)(F)F)C(=O)C(F)(F)F. The number of halogens is 6. The number of rotatable bonds is 10. The zero-order valence-corrected chi connectivity index (χ0v) is 13.9. The van der Waals surface area contributed by atoms with E-state index in [1.807, 2.05) is 0 Å². The van der Waals surface area contributed by atoms with Crippen LogP contribution in [0.1, 0.15) is 39.5 Å². The molecule has 9 heteroatoms. The Kier molecular flexibility index (Phi) is 7.62. The molecule has 0 fully saturated rings. The third-order valence-corrected chi connectivity index (χ3v) is 3.55. The molecule has 0 rings (SSSR count). The minimum absolute atomic E-state index is 0.0343. The normalized spacial score (nSPS) is 17.3. The van der Waals surface area contributed by atoms with Gasteiger partial charge < -0.3 is 4.74 Å². The summed E-state index contributed by atoms with van der Waals surface area (Å²) in [5.74, 6) is -4.84. The van der Waals surface area contributed by atoms with Crippen LogP contribution < -0.4 is 0 Å². The van der Waals surface area contributed by atoms with Crippen LogP contribution in [0.15, 0.2) is 25.3 Å². The van der Waals surface area contributed by atoms with Crippen molar-refractivity contribution >= 4 is 11.6 Å². The number of carbonyl (C=O) groups is 2. The van der Waals surface area contributed by atoms with Gasteiger partial charge in [-0.2, -0.15) is 26.3 Å². The zero-order valence-electron chi connectivity index (χ0n) is 13.9. The molecular weight excluding hydrogens is 354 g/mol. The lowest BCUT2D eigenvalue weighted by Crippen LogP contribution is -2.57. The molecule has 0 aliphatic rings. The van der Waals surface area contributed by atoms with Crippen molar-refractivity contribution in [2.75, 3.05) is 0 Å². The number of alkyl halides is 6. The minimum atomic E-state index is -5.39. The van der Waals surface area contributed by atoms with Crippen LogP contribution in [0.3, 0.4) is 0 Å². The van der Waals surface area contributed by atoms with Gasteiger partial charge in [-0.15, -0.1) is 0 Å². The van der Waals surface area contributed by atoms with Gasteiger partial charge >= 0.3 is 12.4 Å². The zero-order chi connectivity index (χ0) is 20.1. The third kappa shape index (κ3) is 5.17. The van der Waals surface area contributed by atoms with Crippen molar-refractivity contribution in [2.24, 2.45) is 0 Å². The standard InChI is InChI=1S/C16H20F6O3/c1-5-9-13(7-3,11(23)15(17,18)19)25-14(8-4,10-6-2)12(24)16(20,21)22/h7-8H,3-6,9-10H2,1-2H3. The van der Waals surface area contributed by atoms with E-state index in [1.54, 1.807) is 0 Å². The Hall–Kier alpha value is -1.64. The van der Waals surface area contributed by atoms with Crippen LogP contribution in [0.2, 0.25) is 0 Å². The summed E-state index contributed by atoms with van der Waals surface area (Å²) in [5.41, 5.74) is -5.64. The van der Waals surface area contributed by atoms with Gasteiger partial charge in [0, 0.05) is 0 Å². The van der Waals surface area contributed by atoms with E-state index in [-0.39, 0.29) is 12.8 Å². The molecule has 0 radical (unpaired) electrons. The lowest BCUT2D eigenvalue weighted by molar-refractivity contribution is -0.215. The van der Waals surface area contributed by atoms with Gasteiger partial charge in [-0.1, -0.05) is 52.0 Å². The third-order valence-electron chi connectivity index (χ3n) is 3.55. The molecule has 0 N–H and O–H groups in total. The van der Waals surface area contributed by atoms with Crippen molar-refractivity contribution in [3.63, 3.8) is 0 Å². The van der Waals surface area contributed by atoms with E-state index in [9.17, 15) is 35.9 Å². The topological polar surface area (TPSA) is 43.4 Å². The van der Waals surface area contributed by atoms with Crippen molar-refractivity contribution < 1.29 is 40.7 Å². The fourth-order valence-electron chi connectivity index (χ4n) is 2.44. The maximum atomic E-state index is 12.9. The second-order valence-electron chi connectivity index (χ2n) is 5.44. The molecule has 144 valence electrons. The van der Waals surface area contributed by atoms with Crippen LogP contribution in [0.25, 0.3) is 0 Å². The highest BCUT2D eigenvalue weighted by atomic mass is 19.4. The Morgan fingerprint density at radius 2 is 1.08 bits per heavy atom. The van der Waals surface area contributed by atoms with E-state index in [0.717, 1.165) is 0 Å². The maximum absolute atomic E-state index is 12.9. The quantitative estimate of drug-likeness (QED) is 0.411. The van der Waals surface area contributed by atoms with Crippen molar-refractivity contribution in [1.82, 2.24) is 0 Å². The second kappa shape index (κ2) is 8.16. The summed E-state index contributed by atoms with van der Waals surface area (Å²) < 4.78 is 82.7. The first-order valence-electron chi connectivity index (χ1n) is 7.47. The molecule has 0 aromatic heterocycles. The van der Waals surface area contributed by atoms with Gasteiger partial charge in [0.25, 0.3) is 11.6 Å². The Morgan fingerprint density at radius 3 is 1.24 bits per heavy atom. The highest BCUT2D eigenvalue weighted by Gasteiger charge is 2.59. The predicted octanol–water partition coefficient (Wildman–Crippen LogP) is 4.72. The molecule has 0 saturated heterocycles. The highest BCUT2D eigenvalue weighted by molar-refractivity contribution is 5.97. The molecule has 0 bridgehead atoms. The molecule has 0 aromatic carbocycles. The molecule has 0 aromatic rings. The van der Waals surface area contributed by atoms with E-state index >= 15 is 0 Å². The fourth-order valence-corrected chi connectivity index (χ4v) is 2.44. The number of ketones is 2. The van der Waals surface area contributed by atoms with Gasteiger partial charge in [0.15, 0.2) is 11.2 Å². The molecule has 0 aliphatic heterocycles. The summed E-state index contributed by atoms with van der Waals surface area (Å²) in [7, 11) is 0. The van der Waals surface area contributed by atoms with Gasteiger partial charge in [0.2, 0.25) is 0 Å². The highest BCUT2D eigenvalue weighted by Crippen LogP contribution is 2.39. The first kappa shape index (κ1) is 23.4. The number of hydrogen-bond acceptors (Lipinski definition) is 3. The first-order valence-corrected chi connectivity index (χ1v) is 7.47. The minimum Gasteiger partial charge on any atom is -0.344 e. The number of hydrogen-bond donors (Lipinski definition) is 0. The summed E-state index contributed by atoms with van der Waals surface area (Å²) in [5, 5.41) is 0. The van der Waals surface area contributed by atoms with E-state index < -0.39 is 48.0 Å². The Balaban J connectivity index is 6.35. The monoisotopic (exact) mass is 374 g/mol. The molecule has 25 heavy (non-hydrogen) atoms. The molecule has 0 heterocycles. The summed E-state index contributed by atoms with van der Waals surface area (Å²) in [6.45, 7) is 9.05. The van der Waals surface area contributed by atoms with E-state index in [4.69, 9.17) is 4.74 Å². The predicted molar refractivity (Wildman–Crippen MR) is 78.9 cm³/mol. The molecule has 2 atom stereocenters. The van der Waals surface area contributed by atoms with Crippen molar-refractivity contribution in [3.05, 3.63) is 25.3 Å². The van der Waals surface area contributed by atoms with Gasteiger partial charge in [-0.05, 0) is 12.8 Å². The second-order valence-corrected chi connectivity index (χ2v) is 5.44. The van der Waals surface area contributed by atoms with Crippen molar-refractivity contribution in [2.45, 2.75) is 63.1 Å². The van der Waals surface area contributed by atoms with E-state index in [0.29, 0.717) is 12.2 Å². The smallest absolute Gasteiger partial charge is 0.344 e. The largest absolute Gasteiger partial charge is 0.453 e. The number of ether oxygens (including phenoxy) is 1. The van der Waals surface area contributed by atoms with Crippen LogP contribution in [0.5, 0.6) is 0 Å². The molecule has 0 aliphatic carbocycles. The summed E-state index contributed by atoms with van der Waals surface area (Å²) in [6, 6.07) is 0. The lowest BCUT2D eigenvalue weighted by Gasteiger charge is -2.39. The van der Waals surface area contributed by atoms with Crippen molar-refractivity contribution in [3.8, 4) is 0 Å². The fraction of sp³-hybridized carbons (Fsp3) is 0.625. The number of Topliss-reactive ketones (excluding diaryl/α,β-unsaturated/α-hetero) is 2. The van der Waals surface area contributed by atoms with Gasteiger partial charge in [-0.25, -0.2) is 0 Å². The van der Waals surface area contributed by atoms with Crippen LogP contribution >= 0.6 is 0 Å². The van der Waals surface area contributed by atoms with Gasteiger partial charge in [0.1, 0.15) is 0 Å². The average Bonchev–Trinajstić information content (AvgIpc) is 2.50. The molecule has 0 saturated carbocycles. The van der Waals surface area contributed by atoms with Crippen LogP contribution in [0.4, 0.5) is 26.3 Å². The van der Waals surface area contributed by atoms with E-state index in [1.165, 1.54) is 13.8 Å². The summed E-state index contributed by atoms with van der Waals surface area (Å²) in [4.78, 5) is 23.7. The maximum Gasteiger partial charge on any atom is 0.453 e. The van der Waals surface area contributed by atoms with E-state index in [2.05, 4.69) is 13.2 Å². The molecule has 0 spiro atoms. The Morgan fingerprint density at radius 1 is 0.800 bits per heavy atom. The Bertz CT molecular complexity index is 477. The van der Waals surface area contributed by atoms with Gasteiger partial charge in [0.05, 0.1) is 0 Å². The van der Waals surface area contributed by atoms with Crippen LogP contribution in [0, 0.1) is 0 Å². The van der Waals surface area contributed by atoms with Crippen LogP contribution in [-0.4, -0.2) is 35.1 Å². The Labute approximate surface area is 141 Å². The lowest BCUT2D eigenvalue weighted by atomic mass is 9.86. The number of carbonyl (C=O) groups excluding carboxylic acids is 2. The summed E-state index contributed by atoms with van der Waals surface area (Å²) in [6.07, 6.45) is -11.1. The average molecular weight is 374 g/mol. The molecule has 3 nitrogen and oxygen atoms in total. The van der Waals surface area contributed by atoms with Crippen LogP contribution in [-0.2, 0) is 14.3 Å². The molecular formula is C16H20F6O3. The first-order chi connectivity index (χ1) is 11.3.